The molecule has 0 saturated carbocycles. The Bertz CT molecular complexity index is 685. The zero-order valence-electron chi connectivity index (χ0n) is 13.7. The minimum Gasteiger partial charge on any atom is -0.364 e. The van der Waals surface area contributed by atoms with Crippen LogP contribution in [0.3, 0.4) is 0 Å². The van der Waals surface area contributed by atoms with E-state index in [1.807, 2.05) is 42.2 Å². The van der Waals surface area contributed by atoms with Crippen LogP contribution in [-0.2, 0) is 11.3 Å². The molecule has 0 N–H and O–H groups in total. The monoisotopic (exact) mass is 327 g/mol. The van der Waals surface area contributed by atoms with E-state index in [-0.39, 0.29) is 23.6 Å². The molecule has 1 aromatic heterocycles. The summed E-state index contributed by atoms with van der Waals surface area (Å²) in [5, 5.41) is 3.71. The van der Waals surface area contributed by atoms with E-state index < -0.39 is 0 Å². The van der Waals surface area contributed by atoms with Gasteiger partial charge in [0.1, 0.15) is 6.26 Å². The molecule has 1 saturated heterocycles. The molecule has 6 heteroatoms. The molecule has 1 fully saturated rings. The summed E-state index contributed by atoms with van der Waals surface area (Å²) in [6.45, 7) is 3.54. The van der Waals surface area contributed by atoms with Crippen LogP contribution in [0.2, 0.25) is 0 Å². The van der Waals surface area contributed by atoms with Crippen molar-refractivity contribution in [2.45, 2.75) is 32.4 Å². The maximum absolute atomic E-state index is 12.6. The van der Waals surface area contributed by atoms with Crippen molar-refractivity contribution >= 4 is 11.8 Å². The Morgan fingerprint density at radius 1 is 1.29 bits per heavy atom. The Morgan fingerprint density at radius 3 is 2.75 bits per heavy atom. The fraction of sp³-hybridized carbons (Fsp3) is 0.389. The van der Waals surface area contributed by atoms with Crippen LogP contribution < -0.4 is 0 Å². The fourth-order valence-electron chi connectivity index (χ4n) is 3.04. The quantitative estimate of drug-likeness (QED) is 0.864. The van der Waals surface area contributed by atoms with E-state index in [0.29, 0.717) is 26.1 Å². The van der Waals surface area contributed by atoms with Gasteiger partial charge in [0.05, 0.1) is 0 Å². The number of hydrogen-bond donors (Lipinski definition) is 0. The van der Waals surface area contributed by atoms with Crippen LogP contribution in [0.1, 0.15) is 35.8 Å². The smallest absolute Gasteiger partial charge is 0.276 e. The second-order valence-corrected chi connectivity index (χ2v) is 5.96. The first-order valence-electron chi connectivity index (χ1n) is 8.22. The van der Waals surface area contributed by atoms with Gasteiger partial charge in [-0.1, -0.05) is 42.4 Å². The van der Waals surface area contributed by atoms with Gasteiger partial charge >= 0.3 is 0 Å². The lowest BCUT2D eigenvalue weighted by atomic mass is 10.1. The summed E-state index contributed by atoms with van der Waals surface area (Å²) >= 11 is 0. The third kappa shape index (κ3) is 3.48. The zero-order valence-corrected chi connectivity index (χ0v) is 13.7. The van der Waals surface area contributed by atoms with Crippen molar-refractivity contribution in [3.05, 3.63) is 53.9 Å². The highest BCUT2D eigenvalue weighted by Crippen LogP contribution is 2.19. The van der Waals surface area contributed by atoms with Crippen LogP contribution in [0, 0.1) is 0 Å². The molecule has 1 unspecified atom stereocenters. The normalized spacial score (nSPS) is 18.5. The highest BCUT2D eigenvalue weighted by Gasteiger charge is 2.31. The van der Waals surface area contributed by atoms with E-state index in [1.54, 1.807) is 11.0 Å². The summed E-state index contributed by atoms with van der Waals surface area (Å²) in [7, 11) is 0. The van der Waals surface area contributed by atoms with Crippen molar-refractivity contribution in [1.82, 2.24) is 15.0 Å². The number of nitrogens with zero attached hydrogens (tertiary/aromatic N) is 3. The van der Waals surface area contributed by atoms with Gasteiger partial charge in [-0.2, -0.15) is 0 Å². The van der Waals surface area contributed by atoms with Gasteiger partial charge in [-0.05, 0) is 12.0 Å². The molecule has 6 nitrogen and oxygen atoms in total. The third-order valence-electron chi connectivity index (χ3n) is 4.40. The number of amides is 2. The summed E-state index contributed by atoms with van der Waals surface area (Å²) < 4.78 is 4.76. The van der Waals surface area contributed by atoms with E-state index in [9.17, 15) is 9.59 Å². The molecule has 0 radical (unpaired) electrons. The van der Waals surface area contributed by atoms with E-state index in [1.165, 1.54) is 6.26 Å². The predicted octanol–water partition coefficient (Wildman–Crippen LogP) is 2.33. The topological polar surface area (TPSA) is 66.7 Å². The van der Waals surface area contributed by atoms with Crippen LogP contribution in [-0.4, -0.2) is 45.9 Å². The van der Waals surface area contributed by atoms with E-state index in [2.05, 4.69) is 5.16 Å². The van der Waals surface area contributed by atoms with E-state index in [4.69, 9.17) is 4.52 Å². The van der Waals surface area contributed by atoms with Gasteiger partial charge in [-0.15, -0.1) is 0 Å². The molecular formula is C18H21N3O3. The van der Waals surface area contributed by atoms with Gasteiger partial charge in [0.2, 0.25) is 5.91 Å². The fourth-order valence-corrected chi connectivity index (χ4v) is 3.04. The molecule has 126 valence electrons. The number of aromatic nitrogens is 1. The maximum Gasteiger partial charge on any atom is 0.276 e. The minimum absolute atomic E-state index is 0.00365. The van der Waals surface area contributed by atoms with Gasteiger partial charge in [-0.25, -0.2) is 0 Å². The van der Waals surface area contributed by atoms with Crippen molar-refractivity contribution in [2.24, 2.45) is 0 Å². The number of carbonyl (C=O) groups excluding carboxylic acids is 2. The average molecular weight is 327 g/mol. The van der Waals surface area contributed by atoms with Crippen molar-refractivity contribution in [1.29, 1.82) is 0 Å². The second kappa shape index (κ2) is 7.29. The van der Waals surface area contributed by atoms with Crippen LogP contribution >= 0.6 is 0 Å². The molecule has 2 amide bonds. The molecule has 1 aliphatic rings. The molecule has 0 aliphatic carbocycles. The highest BCUT2D eigenvalue weighted by molar-refractivity contribution is 5.92. The van der Waals surface area contributed by atoms with Crippen LogP contribution in [0.15, 0.2) is 47.2 Å². The summed E-state index contributed by atoms with van der Waals surface area (Å²) in [4.78, 5) is 28.7. The van der Waals surface area contributed by atoms with Gasteiger partial charge in [0, 0.05) is 38.2 Å². The first-order valence-corrected chi connectivity index (χ1v) is 8.22. The summed E-state index contributed by atoms with van der Waals surface area (Å²) in [5.74, 6) is -0.0993. The Hall–Kier alpha value is -2.63. The number of rotatable bonds is 4. The lowest BCUT2D eigenvalue weighted by molar-refractivity contribution is -0.133. The molecule has 24 heavy (non-hydrogen) atoms. The molecule has 1 aliphatic heterocycles. The second-order valence-electron chi connectivity index (χ2n) is 5.96. The van der Waals surface area contributed by atoms with Gasteiger partial charge in [0.15, 0.2) is 5.69 Å². The molecule has 1 atom stereocenters. The summed E-state index contributed by atoms with van der Waals surface area (Å²) in [5.41, 5.74) is 1.38. The van der Waals surface area contributed by atoms with Gasteiger partial charge in [-0.3, -0.25) is 9.59 Å². The molecular weight excluding hydrogens is 306 g/mol. The molecule has 2 aromatic rings. The summed E-state index contributed by atoms with van der Waals surface area (Å²) in [6, 6.07) is 11.5. The van der Waals surface area contributed by atoms with Crippen molar-refractivity contribution < 1.29 is 14.1 Å². The van der Waals surface area contributed by atoms with E-state index in [0.717, 1.165) is 12.0 Å². The lowest BCUT2D eigenvalue weighted by Crippen LogP contribution is -2.43. The first-order chi connectivity index (χ1) is 11.7. The third-order valence-corrected chi connectivity index (χ3v) is 4.40. The van der Waals surface area contributed by atoms with Crippen molar-refractivity contribution in [3.63, 3.8) is 0 Å². The van der Waals surface area contributed by atoms with Gasteiger partial charge < -0.3 is 14.3 Å². The largest absolute Gasteiger partial charge is 0.364 e. The lowest BCUT2D eigenvalue weighted by Gasteiger charge is -2.31. The number of carbonyl (C=O) groups is 2. The van der Waals surface area contributed by atoms with Crippen LogP contribution in [0.25, 0.3) is 0 Å². The minimum atomic E-state index is -0.184. The van der Waals surface area contributed by atoms with E-state index >= 15 is 0 Å². The van der Waals surface area contributed by atoms with Crippen molar-refractivity contribution in [2.75, 3.05) is 13.1 Å². The predicted molar refractivity (Wildman–Crippen MR) is 88.1 cm³/mol. The molecule has 0 spiro atoms. The Kier molecular flexibility index (Phi) is 4.93. The number of hydrogen-bond acceptors (Lipinski definition) is 4. The maximum atomic E-state index is 12.6. The van der Waals surface area contributed by atoms with Crippen LogP contribution in [0.5, 0.6) is 0 Å². The Morgan fingerprint density at radius 2 is 2.08 bits per heavy atom. The Balaban J connectivity index is 1.77. The molecule has 3 rings (SSSR count). The molecule has 0 bridgehead atoms. The average Bonchev–Trinajstić information content (AvgIpc) is 3.10. The molecule has 1 aromatic carbocycles. The van der Waals surface area contributed by atoms with Gasteiger partial charge in [0.25, 0.3) is 5.91 Å². The molecule has 2 heterocycles. The number of benzene rings is 1. The summed E-state index contributed by atoms with van der Waals surface area (Å²) in [6.07, 6.45) is 2.50. The SMILES string of the molecule is CCC1CN(C(=O)c2ccon2)CCC(=O)N1Cc1ccccc1. The van der Waals surface area contributed by atoms with Crippen LogP contribution in [0.4, 0.5) is 0 Å². The zero-order chi connectivity index (χ0) is 16.9. The standard InChI is InChI=1S/C18H21N3O3/c1-2-15-13-20(18(23)16-9-11-24-19-16)10-8-17(22)21(15)12-14-6-4-3-5-7-14/h3-7,9,11,15H,2,8,10,12-13H2,1H3. The Labute approximate surface area is 141 Å². The first kappa shape index (κ1) is 16.2. The highest BCUT2D eigenvalue weighted by atomic mass is 16.5. The van der Waals surface area contributed by atoms with Crippen molar-refractivity contribution in [3.8, 4) is 0 Å².